The fourth-order valence-electron chi connectivity index (χ4n) is 4.54. The zero-order valence-electron chi connectivity index (χ0n) is 17.2. The third kappa shape index (κ3) is 6.11. The summed E-state index contributed by atoms with van der Waals surface area (Å²) >= 11 is 5.94. The molecule has 2 rings (SSSR count). The molecular weight excluding hydrogens is 360 g/mol. The number of alkyl halides is 1. The lowest BCUT2D eigenvalue weighted by atomic mass is 9.73. The van der Waals surface area contributed by atoms with Gasteiger partial charge in [0, 0.05) is 31.1 Å². The van der Waals surface area contributed by atoms with Crippen LogP contribution >= 0.6 is 11.6 Å². The van der Waals surface area contributed by atoms with Crippen LogP contribution in [0.5, 0.6) is 0 Å². The van der Waals surface area contributed by atoms with Gasteiger partial charge in [-0.25, -0.2) is 4.79 Å². The fraction of sp³-hybridized carbons (Fsp3) is 0.682. The van der Waals surface area contributed by atoms with Crippen LogP contribution in [0.4, 0.5) is 4.79 Å². The maximum absolute atomic E-state index is 12.4. The number of rotatable bonds is 8. The number of piperidine rings is 1. The zero-order chi connectivity index (χ0) is 19.8. The van der Waals surface area contributed by atoms with Crippen LogP contribution in [0.1, 0.15) is 52.1 Å². The van der Waals surface area contributed by atoms with E-state index in [2.05, 4.69) is 50.4 Å². The lowest BCUT2D eigenvalue weighted by Crippen LogP contribution is -2.58. The summed E-state index contributed by atoms with van der Waals surface area (Å²) in [7, 11) is 0. The number of benzene rings is 1. The fourth-order valence-corrected chi connectivity index (χ4v) is 4.69. The predicted octanol–water partition coefficient (Wildman–Crippen LogP) is 5.09. The van der Waals surface area contributed by atoms with Crippen molar-refractivity contribution in [2.45, 2.75) is 52.6 Å². The molecule has 27 heavy (non-hydrogen) atoms. The summed E-state index contributed by atoms with van der Waals surface area (Å²) in [5, 5.41) is 3.82. The van der Waals surface area contributed by atoms with Crippen LogP contribution in [-0.4, -0.2) is 42.6 Å². The number of likely N-dealkylation sites (tertiary alicyclic amines) is 1. The van der Waals surface area contributed by atoms with Crippen molar-refractivity contribution in [1.29, 1.82) is 0 Å². The van der Waals surface area contributed by atoms with Gasteiger partial charge < -0.3 is 15.0 Å². The van der Waals surface area contributed by atoms with Crippen LogP contribution in [0.15, 0.2) is 30.3 Å². The molecule has 0 aromatic heterocycles. The first-order valence-electron chi connectivity index (χ1n) is 10.3. The number of carbonyl (C=O) groups excluding carboxylic acids is 1. The van der Waals surface area contributed by atoms with Gasteiger partial charge in [-0.2, -0.15) is 0 Å². The zero-order valence-corrected chi connectivity index (χ0v) is 17.9. The van der Waals surface area contributed by atoms with E-state index in [1.54, 1.807) is 0 Å². The van der Waals surface area contributed by atoms with Crippen LogP contribution in [-0.2, 0) is 4.74 Å². The van der Waals surface area contributed by atoms with Crippen molar-refractivity contribution >= 4 is 17.7 Å². The molecule has 1 heterocycles. The average molecular weight is 395 g/mol. The second kappa shape index (κ2) is 10.9. The highest BCUT2D eigenvalue weighted by atomic mass is 35.5. The largest absolute Gasteiger partial charge is 0.450 e. The highest BCUT2D eigenvalue weighted by molar-refractivity contribution is 6.17. The van der Waals surface area contributed by atoms with Crippen LogP contribution in [0, 0.1) is 17.8 Å². The third-order valence-corrected chi connectivity index (χ3v) is 6.05. The van der Waals surface area contributed by atoms with E-state index >= 15 is 0 Å². The molecule has 0 aliphatic carbocycles. The van der Waals surface area contributed by atoms with Crippen LogP contribution in [0.25, 0.3) is 0 Å². The molecule has 1 aliphatic rings. The monoisotopic (exact) mass is 394 g/mol. The van der Waals surface area contributed by atoms with Crippen molar-refractivity contribution < 1.29 is 9.53 Å². The third-order valence-electron chi connectivity index (χ3n) is 5.79. The molecule has 5 atom stereocenters. The normalized spacial score (nSPS) is 25.1. The molecule has 4 nitrogen and oxygen atoms in total. The molecule has 1 aromatic carbocycles. The van der Waals surface area contributed by atoms with Crippen LogP contribution in [0.2, 0.25) is 0 Å². The first-order chi connectivity index (χ1) is 13.0. The molecule has 5 unspecified atom stereocenters. The quantitative estimate of drug-likeness (QED) is 0.624. The minimum absolute atomic E-state index is 0.199. The highest BCUT2D eigenvalue weighted by Gasteiger charge is 2.39. The first-order valence-corrected chi connectivity index (χ1v) is 10.8. The summed E-state index contributed by atoms with van der Waals surface area (Å²) < 4.78 is 5.27. The molecule has 1 fully saturated rings. The highest BCUT2D eigenvalue weighted by Crippen LogP contribution is 2.34. The van der Waals surface area contributed by atoms with Gasteiger partial charge in [0.25, 0.3) is 0 Å². The molecule has 0 radical (unpaired) electrons. The summed E-state index contributed by atoms with van der Waals surface area (Å²) in [6.07, 6.45) is 1.96. The van der Waals surface area contributed by atoms with Gasteiger partial charge in [0.2, 0.25) is 0 Å². The van der Waals surface area contributed by atoms with Crippen LogP contribution < -0.4 is 5.32 Å². The number of amides is 1. The average Bonchev–Trinajstić information content (AvgIpc) is 2.66. The Kier molecular flexibility index (Phi) is 8.91. The number of hydrogen-bond acceptors (Lipinski definition) is 3. The number of nitrogens with one attached hydrogen (secondary N) is 1. The maximum Gasteiger partial charge on any atom is 0.409 e. The smallest absolute Gasteiger partial charge is 0.409 e. The Morgan fingerprint density at radius 2 is 2.00 bits per heavy atom. The molecule has 1 N–H and O–H groups in total. The van der Waals surface area contributed by atoms with E-state index in [1.807, 2.05) is 17.9 Å². The van der Waals surface area contributed by atoms with Crippen molar-refractivity contribution in [3.63, 3.8) is 0 Å². The molecule has 5 heteroatoms. The van der Waals surface area contributed by atoms with Crippen molar-refractivity contribution in [2.24, 2.45) is 17.8 Å². The lowest BCUT2D eigenvalue weighted by Gasteiger charge is -2.46. The topological polar surface area (TPSA) is 41.6 Å². The molecule has 1 saturated heterocycles. The Morgan fingerprint density at radius 1 is 1.30 bits per heavy atom. The Labute approximate surface area is 169 Å². The first kappa shape index (κ1) is 22.0. The van der Waals surface area contributed by atoms with Crippen molar-refractivity contribution in [1.82, 2.24) is 10.2 Å². The molecule has 1 aromatic rings. The van der Waals surface area contributed by atoms with E-state index in [0.717, 1.165) is 19.4 Å². The molecule has 0 bridgehead atoms. The lowest BCUT2D eigenvalue weighted by molar-refractivity contribution is 0.0382. The molecule has 1 aliphatic heterocycles. The predicted molar refractivity (Wildman–Crippen MR) is 112 cm³/mol. The van der Waals surface area contributed by atoms with Gasteiger partial charge in [-0.1, -0.05) is 44.2 Å². The van der Waals surface area contributed by atoms with Gasteiger partial charge in [0.15, 0.2) is 0 Å². The Bertz CT molecular complexity index is 569. The van der Waals surface area contributed by atoms with Gasteiger partial charge in [0.1, 0.15) is 0 Å². The van der Waals surface area contributed by atoms with Gasteiger partial charge in [-0.15, -0.1) is 11.6 Å². The maximum atomic E-state index is 12.4. The van der Waals surface area contributed by atoms with E-state index in [9.17, 15) is 4.79 Å². The number of nitrogens with zero attached hydrogens (tertiary/aromatic N) is 1. The van der Waals surface area contributed by atoms with Crippen molar-refractivity contribution in [3.8, 4) is 0 Å². The van der Waals surface area contributed by atoms with Crippen LogP contribution in [0.3, 0.4) is 0 Å². The molecule has 1 amide bonds. The van der Waals surface area contributed by atoms with Gasteiger partial charge in [0.05, 0.1) is 6.61 Å². The van der Waals surface area contributed by atoms with E-state index in [1.165, 1.54) is 5.56 Å². The SMILES string of the molecule is CCOC(=O)N1CC(C)C(C(C)CCCCl)C(NC(C)c2ccccc2)C1. The second-order valence-corrected chi connectivity index (χ2v) is 8.25. The molecular formula is C22H35ClN2O2. The number of halogens is 1. The summed E-state index contributed by atoms with van der Waals surface area (Å²) in [5.41, 5.74) is 1.27. The Hall–Kier alpha value is -1.26. The molecule has 0 saturated carbocycles. The molecule has 0 spiro atoms. The minimum atomic E-state index is -0.199. The Balaban J connectivity index is 2.16. The number of ether oxygens (including phenoxy) is 1. The Morgan fingerprint density at radius 3 is 2.63 bits per heavy atom. The minimum Gasteiger partial charge on any atom is -0.450 e. The van der Waals surface area contributed by atoms with E-state index in [4.69, 9.17) is 16.3 Å². The van der Waals surface area contributed by atoms with Gasteiger partial charge in [-0.3, -0.25) is 0 Å². The van der Waals surface area contributed by atoms with E-state index in [-0.39, 0.29) is 18.2 Å². The summed E-state index contributed by atoms with van der Waals surface area (Å²) in [4.78, 5) is 14.2. The second-order valence-electron chi connectivity index (χ2n) is 7.87. The molecule has 152 valence electrons. The summed E-state index contributed by atoms with van der Waals surface area (Å²) in [5.74, 6) is 2.18. The summed E-state index contributed by atoms with van der Waals surface area (Å²) in [6, 6.07) is 11.0. The van der Waals surface area contributed by atoms with Crippen molar-refractivity contribution in [3.05, 3.63) is 35.9 Å². The standard InChI is InChI=1S/C22H35ClN2O2/c1-5-27-22(26)25-14-17(3)21(16(2)10-9-13-23)20(15-25)24-18(4)19-11-7-6-8-12-19/h6-8,11-12,16-18,20-21,24H,5,9-10,13-15H2,1-4H3. The number of carbonyl (C=O) groups is 1. The van der Waals surface area contributed by atoms with Gasteiger partial charge >= 0.3 is 6.09 Å². The van der Waals surface area contributed by atoms with Gasteiger partial charge in [-0.05, 0) is 50.0 Å². The summed E-state index contributed by atoms with van der Waals surface area (Å²) in [6.45, 7) is 10.5. The van der Waals surface area contributed by atoms with E-state index < -0.39 is 0 Å². The number of hydrogen-bond donors (Lipinski definition) is 1. The van der Waals surface area contributed by atoms with E-state index in [0.29, 0.717) is 36.8 Å². The van der Waals surface area contributed by atoms with Crippen molar-refractivity contribution in [2.75, 3.05) is 25.6 Å².